The van der Waals surface area contributed by atoms with E-state index in [1.165, 1.54) is 0 Å². The van der Waals surface area contributed by atoms with Crippen molar-refractivity contribution in [1.82, 2.24) is 18.9 Å². The van der Waals surface area contributed by atoms with Crippen molar-refractivity contribution >= 4 is 40.3 Å². The van der Waals surface area contributed by atoms with Gasteiger partial charge in [0, 0.05) is 32.2 Å². The molecule has 0 bridgehead atoms. The van der Waals surface area contributed by atoms with Crippen molar-refractivity contribution in [2.24, 2.45) is 0 Å². The third-order valence-corrected chi connectivity index (χ3v) is 5.98. The summed E-state index contributed by atoms with van der Waals surface area (Å²) in [5, 5.41) is 0.855. The van der Waals surface area contributed by atoms with Crippen LogP contribution in [-0.2, 0) is 11.3 Å². The van der Waals surface area contributed by atoms with Crippen LogP contribution in [0.5, 0.6) is 0 Å². The second-order valence-corrected chi connectivity index (χ2v) is 9.88. The molecule has 0 saturated carbocycles. The Morgan fingerprint density at radius 2 is 1.70 bits per heavy atom. The number of halogens is 2. The van der Waals surface area contributed by atoms with Gasteiger partial charge in [-0.2, -0.15) is 0 Å². The van der Waals surface area contributed by atoms with E-state index >= 15 is 0 Å². The number of hydrogen-bond donors (Lipinski definition) is 0. The zero-order chi connectivity index (χ0) is 22.2. The van der Waals surface area contributed by atoms with Gasteiger partial charge in [-0.25, -0.2) is 9.59 Å². The molecule has 0 spiro atoms. The monoisotopic (exact) mass is 456 g/mol. The molecule has 1 saturated heterocycles. The van der Waals surface area contributed by atoms with E-state index in [0.29, 0.717) is 42.5 Å². The molecule has 166 valence electrons. The summed E-state index contributed by atoms with van der Waals surface area (Å²) in [5.74, 6) is 0. The van der Waals surface area contributed by atoms with Gasteiger partial charge in [-0.3, -0.25) is 9.13 Å². The average Bonchev–Trinajstić information content (AvgIpc) is 2.89. The zero-order valence-corrected chi connectivity index (χ0v) is 19.8. The van der Waals surface area contributed by atoms with Crippen LogP contribution in [0.4, 0.5) is 4.79 Å². The molecule has 0 aliphatic carbocycles. The van der Waals surface area contributed by atoms with Gasteiger partial charge in [0.1, 0.15) is 5.60 Å². The predicted molar refractivity (Wildman–Crippen MR) is 121 cm³/mol. The molecular formula is C21H30Cl2N4O3. The predicted octanol–water partition coefficient (Wildman–Crippen LogP) is 4.24. The fraction of sp³-hybridized carbons (Fsp3) is 0.619. The summed E-state index contributed by atoms with van der Waals surface area (Å²) in [6.07, 6.45) is 1.04. The number of aromatic nitrogens is 2. The zero-order valence-electron chi connectivity index (χ0n) is 18.2. The molecule has 1 aliphatic heterocycles. The lowest BCUT2D eigenvalue weighted by Gasteiger charge is -2.33. The molecule has 0 atom stereocenters. The van der Waals surface area contributed by atoms with Crippen LogP contribution >= 0.6 is 23.2 Å². The first kappa shape index (κ1) is 23.0. The van der Waals surface area contributed by atoms with Crippen molar-refractivity contribution in [3.63, 3.8) is 0 Å². The molecule has 7 nitrogen and oxygen atoms in total. The maximum Gasteiger partial charge on any atom is 0.410 e. The van der Waals surface area contributed by atoms with Crippen LogP contribution in [0.1, 0.15) is 39.7 Å². The van der Waals surface area contributed by atoms with Gasteiger partial charge >= 0.3 is 11.8 Å². The highest BCUT2D eigenvalue weighted by molar-refractivity contribution is 6.42. The fourth-order valence-electron chi connectivity index (χ4n) is 3.77. The quantitative estimate of drug-likeness (QED) is 0.689. The maximum atomic E-state index is 13.3. The smallest absolute Gasteiger partial charge is 0.410 e. The van der Waals surface area contributed by atoms with E-state index in [4.69, 9.17) is 27.9 Å². The largest absolute Gasteiger partial charge is 0.444 e. The Morgan fingerprint density at radius 1 is 1.13 bits per heavy atom. The standard InChI is InChI=1S/C21H30Cl2N4O3/c1-21(2,3)30-20(29)25-8-6-14(7-9-25)27-18-13-16(23)15(22)12-17(18)26(19(27)28)11-10-24(4)5/h12-14H,6-11H2,1-5H3. The van der Waals surface area contributed by atoms with Crippen LogP contribution in [0, 0.1) is 0 Å². The van der Waals surface area contributed by atoms with Crippen LogP contribution in [0.2, 0.25) is 10.0 Å². The number of hydrogen-bond acceptors (Lipinski definition) is 4. The number of likely N-dealkylation sites (N-methyl/N-ethyl adjacent to an activating group) is 1. The number of nitrogens with zero attached hydrogens (tertiary/aromatic N) is 4. The molecule has 1 aliphatic rings. The van der Waals surface area contributed by atoms with Gasteiger partial charge in [-0.1, -0.05) is 23.2 Å². The Bertz CT molecular complexity index is 983. The lowest BCUT2D eigenvalue weighted by Crippen LogP contribution is -2.43. The summed E-state index contributed by atoms with van der Waals surface area (Å²) in [5.41, 5.74) is 0.969. The van der Waals surface area contributed by atoms with Gasteiger partial charge in [0.05, 0.1) is 21.1 Å². The third kappa shape index (κ3) is 4.95. The highest BCUT2D eigenvalue weighted by Gasteiger charge is 2.30. The van der Waals surface area contributed by atoms with Crippen molar-refractivity contribution in [3.8, 4) is 0 Å². The van der Waals surface area contributed by atoms with Crippen molar-refractivity contribution in [2.75, 3.05) is 33.7 Å². The number of fused-ring (bicyclic) bond motifs is 1. The second-order valence-electron chi connectivity index (χ2n) is 9.06. The molecule has 9 heteroatoms. The van der Waals surface area contributed by atoms with Crippen molar-refractivity contribution in [3.05, 3.63) is 32.7 Å². The van der Waals surface area contributed by atoms with E-state index in [-0.39, 0.29) is 17.8 Å². The first-order valence-corrected chi connectivity index (χ1v) is 11.0. The van der Waals surface area contributed by atoms with Crippen LogP contribution in [-0.4, -0.2) is 64.4 Å². The van der Waals surface area contributed by atoms with E-state index in [1.807, 2.05) is 44.3 Å². The van der Waals surface area contributed by atoms with Gasteiger partial charge in [-0.05, 0) is 59.8 Å². The summed E-state index contributed by atoms with van der Waals surface area (Å²) >= 11 is 12.5. The number of carbonyl (C=O) groups excluding carboxylic acids is 1. The average molecular weight is 457 g/mol. The number of benzene rings is 1. The number of likely N-dealkylation sites (tertiary alicyclic amines) is 1. The highest BCUT2D eigenvalue weighted by Crippen LogP contribution is 2.31. The topological polar surface area (TPSA) is 59.7 Å². The number of rotatable bonds is 4. The molecule has 0 radical (unpaired) electrons. The summed E-state index contributed by atoms with van der Waals surface area (Å²) < 4.78 is 9.06. The molecule has 2 aromatic rings. The minimum absolute atomic E-state index is 0.0171. The summed E-state index contributed by atoms with van der Waals surface area (Å²) in [4.78, 5) is 29.5. The Labute approximate surface area is 187 Å². The van der Waals surface area contributed by atoms with E-state index < -0.39 is 5.60 Å². The van der Waals surface area contributed by atoms with Crippen molar-refractivity contribution < 1.29 is 9.53 Å². The van der Waals surface area contributed by atoms with Crippen molar-refractivity contribution in [1.29, 1.82) is 0 Å². The molecule has 30 heavy (non-hydrogen) atoms. The van der Waals surface area contributed by atoms with E-state index in [0.717, 1.165) is 17.6 Å². The molecule has 2 heterocycles. The molecule has 1 aromatic carbocycles. The summed E-state index contributed by atoms with van der Waals surface area (Å²) in [6.45, 7) is 7.94. The molecular weight excluding hydrogens is 427 g/mol. The second kappa shape index (κ2) is 8.81. The Hall–Kier alpha value is -1.70. The number of carbonyl (C=O) groups is 1. The lowest BCUT2D eigenvalue weighted by atomic mass is 10.0. The Balaban J connectivity index is 1.89. The van der Waals surface area contributed by atoms with E-state index in [2.05, 4.69) is 0 Å². The van der Waals surface area contributed by atoms with E-state index in [9.17, 15) is 9.59 Å². The molecule has 1 amide bonds. The third-order valence-electron chi connectivity index (χ3n) is 5.26. The number of imidazole rings is 1. The first-order chi connectivity index (χ1) is 14.0. The first-order valence-electron chi connectivity index (χ1n) is 10.2. The number of amides is 1. The lowest BCUT2D eigenvalue weighted by molar-refractivity contribution is 0.0188. The van der Waals surface area contributed by atoms with Crippen molar-refractivity contribution in [2.45, 2.75) is 51.8 Å². The van der Waals surface area contributed by atoms with Gasteiger partial charge in [0.25, 0.3) is 0 Å². The summed E-state index contributed by atoms with van der Waals surface area (Å²) in [7, 11) is 3.95. The number of ether oxygens (including phenoxy) is 1. The van der Waals surface area contributed by atoms with Crippen LogP contribution < -0.4 is 5.69 Å². The Morgan fingerprint density at radius 3 is 2.23 bits per heavy atom. The normalized spacial score (nSPS) is 15.9. The fourth-order valence-corrected chi connectivity index (χ4v) is 4.09. The number of piperidine rings is 1. The highest BCUT2D eigenvalue weighted by atomic mass is 35.5. The summed E-state index contributed by atoms with van der Waals surface area (Å²) in [6, 6.07) is 3.52. The van der Waals surface area contributed by atoms with Crippen LogP contribution in [0.15, 0.2) is 16.9 Å². The maximum absolute atomic E-state index is 13.3. The Kier molecular flexibility index (Phi) is 6.75. The van der Waals surface area contributed by atoms with Crippen LogP contribution in [0.3, 0.4) is 0 Å². The van der Waals surface area contributed by atoms with E-state index in [1.54, 1.807) is 21.6 Å². The molecule has 0 N–H and O–H groups in total. The van der Waals surface area contributed by atoms with Gasteiger partial charge in [0.15, 0.2) is 0 Å². The SMILES string of the molecule is CN(C)CCn1c(=O)n(C2CCN(C(=O)OC(C)(C)C)CC2)c2cc(Cl)c(Cl)cc21. The minimum Gasteiger partial charge on any atom is -0.444 e. The molecule has 0 unspecified atom stereocenters. The van der Waals surface area contributed by atoms with Gasteiger partial charge in [0.2, 0.25) is 0 Å². The molecule has 3 rings (SSSR count). The van der Waals surface area contributed by atoms with Gasteiger partial charge in [-0.15, -0.1) is 0 Å². The minimum atomic E-state index is -0.527. The molecule has 1 aromatic heterocycles. The van der Waals surface area contributed by atoms with Crippen LogP contribution in [0.25, 0.3) is 11.0 Å². The van der Waals surface area contributed by atoms with Gasteiger partial charge < -0.3 is 14.5 Å². The molecule has 1 fully saturated rings.